The van der Waals surface area contributed by atoms with E-state index < -0.39 is 12.9 Å². The van der Waals surface area contributed by atoms with Crippen molar-refractivity contribution in [3.05, 3.63) is 53.1 Å². The summed E-state index contributed by atoms with van der Waals surface area (Å²) >= 11 is 5.57. The topological polar surface area (TPSA) is 62.6 Å². The molecule has 1 aromatic heterocycles. The number of benzene rings is 1. The van der Waals surface area contributed by atoms with Gasteiger partial charge in [0.1, 0.15) is 18.2 Å². The molecular formula is C12H10BClFNO3. The first-order valence-corrected chi connectivity index (χ1v) is 5.82. The van der Waals surface area contributed by atoms with E-state index in [0.29, 0.717) is 11.3 Å². The Morgan fingerprint density at radius 3 is 2.74 bits per heavy atom. The molecule has 0 saturated carbocycles. The van der Waals surface area contributed by atoms with Crippen LogP contribution in [0.15, 0.2) is 36.7 Å². The number of halogens is 2. The van der Waals surface area contributed by atoms with Crippen molar-refractivity contribution in [3.8, 4) is 5.75 Å². The predicted octanol–water partition coefficient (Wildman–Crippen LogP) is 1.13. The van der Waals surface area contributed by atoms with E-state index in [2.05, 4.69) is 4.98 Å². The largest absolute Gasteiger partial charge is 0.490 e. The fraction of sp³-hybridized carbons (Fsp3) is 0.0833. The number of aromatic nitrogens is 1. The summed E-state index contributed by atoms with van der Waals surface area (Å²) in [5.74, 6) is -0.151. The van der Waals surface area contributed by atoms with Crippen LogP contribution in [0.2, 0.25) is 5.02 Å². The van der Waals surface area contributed by atoms with Gasteiger partial charge in [-0.1, -0.05) is 17.7 Å². The second-order valence-electron chi connectivity index (χ2n) is 3.86. The first-order valence-electron chi connectivity index (χ1n) is 5.44. The average Bonchev–Trinajstić information content (AvgIpc) is 2.40. The monoisotopic (exact) mass is 281 g/mol. The van der Waals surface area contributed by atoms with Gasteiger partial charge in [0, 0.05) is 11.7 Å². The first kappa shape index (κ1) is 13.8. The van der Waals surface area contributed by atoms with Crippen molar-refractivity contribution < 1.29 is 19.2 Å². The molecule has 0 fully saturated rings. The Labute approximate surface area is 114 Å². The average molecular weight is 281 g/mol. The Balaban J connectivity index is 2.05. The zero-order chi connectivity index (χ0) is 13.8. The molecule has 0 amide bonds. The fourth-order valence-electron chi connectivity index (χ4n) is 1.45. The molecule has 0 radical (unpaired) electrons. The maximum Gasteiger partial charge on any atom is 0.490 e. The highest BCUT2D eigenvalue weighted by atomic mass is 35.5. The third kappa shape index (κ3) is 3.67. The fourth-order valence-corrected chi connectivity index (χ4v) is 1.57. The second kappa shape index (κ2) is 6.01. The molecule has 4 nitrogen and oxygen atoms in total. The molecule has 2 rings (SSSR count). The van der Waals surface area contributed by atoms with E-state index in [1.807, 2.05) is 0 Å². The summed E-state index contributed by atoms with van der Waals surface area (Å²) in [5, 5.41) is 18.0. The van der Waals surface area contributed by atoms with Gasteiger partial charge in [-0.2, -0.15) is 0 Å². The molecule has 19 heavy (non-hydrogen) atoms. The van der Waals surface area contributed by atoms with Crippen LogP contribution in [0.25, 0.3) is 0 Å². The number of ether oxygens (including phenoxy) is 1. The lowest BCUT2D eigenvalue weighted by Gasteiger charge is -2.07. The zero-order valence-corrected chi connectivity index (χ0v) is 10.5. The zero-order valence-electron chi connectivity index (χ0n) is 9.75. The van der Waals surface area contributed by atoms with Crippen LogP contribution in [0.4, 0.5) is 4.39 Å². The molecule has 0 bridgehead atoms. The van der Waals surface area contributed by atoms with E-state index in [9.17, 15) is 4.39 Å². The molecule has 0 unspecified atom stereocenters. The van der Waals surface area contributed by atoms with Gasteiger partial charge in [-0.3, -0.25) is 4.98 Å². The van der Waals surface area contributed by atoms with Gasteiger partial charge < -0.3 is 14.8 Å². The lowest BCUT2D eigenvalue weighted by molar-refractivity contribution is 0.304. The molecular weight excluding hydrogens is 271 g/mol. The number of nitrogens with zero attached hydrogens (tertiary/aromatic N) is 1. The van der Waals surface area contributed by atoms with Crippen LogP contribution in [-0.2, 0) is 6.61 Å². The van der Waals surface area contributed by atoms with Gasteiger partial charge in [0.2, 0.25) is 0 Å². The second-order valence-corrected chi connectivity index (χ2v) is 4.27. The van der Waals surface area contributed by atoms with E-state index >= 15 is 0 Å². The van der Waals surface area contributed by atoms with Crippen LogP contribution < -0.4 is 10.2 Å². The number of pyridine rings is 1. The number of hydrogen-bond acceptors (Lipinski definition) is 4. The highest BCUT2D eigenvalue weighted by Gasteiger charge is 2.12. The Morgan fingerprint density at radius 1 is 1.26 bits per heavy atom. The summed E-state index contributed by atoms with van der Waals surface area (Å²) in [7, 11) is -1.61. The molecule has 98 valence electrons. The highest BCUT2D eigenvalue weighted by Crippen LogP contribution is 2.17. The molecule has 0 aliphatic carbocycles. The Morgan fingerprint density at radius 2 is 2.05 bits per heavy atom. The molecule has 0 saturated heterocycles. The van der Waals surface area contributed by atoms with Gasteiger partial charge in [0.15, 0.2) is 0 Å². The Hall–Kier alpha value is -1.63. The molecule has 0 aliphatic heterocycles. The summed E-state index contributed by atoms with van der Waals surface area (Å²) in [6.45, 7) is 0.126. The summed E-state index contributed by atoms with van der Waals surface area (Å²) in [4.78, 5) is 3.81. The van der Waals surface area contributed by atoms with Crippen LogP contribution in [-0.4, -0.2) is 22.2 Å². The van der Waals surface area contributed by atoms with Crippen LogP contribution >= 0.6 is 11.6 Å². The summed E-state index contributed by atoms with van der Waals surface area (Å²) < 4.78 is 18.6. The van der Waals surface area contributed by atoms with Gasteiger partial charge in [-0.05, 0) is 23.8 Å². The maximum absolute atomic E-state index is 13.2. The lowest BCUT2D eigenvalue weighted by atomic mass is 9.82. The van der Waals surface area contributed by atoms with Crippen LogP contribution in [0, 0.1) is 5.82 Å². The summed E-state index contributed by atoms with van der Waals surface area (Å²) in [6, 6.07) is 5.82. The number of hydrogen-bond donors (Lipinski definition) is 2. The molecule has 0 aliphatic rings. The standard InChI is InChI=1S/C12H10BClFNO3/c14-11-2-1-8(3-12(11)15)7-19-10-4-9(13(17)18)5-16-6-10/h1-6,17-18H,7H2. The first-order chi connectivity index (χ1) is 9.06. The quantitative estimate of drug-likeness (QED) is 0.825. The molecule has 0 atom stereocenters. The van der Waals surface area contributed by atoms with Crippen molar-refractivity contribution in [3.63, 3.8) is 0 Å². The van der Waals surface area contributed by atoms with Gasteiger partial charge >= 0.3 is 7.12 Å². The highest BCUT2D eigenvalue weighted by molar-refractivity contribution is 6.58. The molecule has 2 aromatic rings. The van der Waals surface area contributed by atoms with E-state index in [4.69, 9.17) is 26.4 Å². The molecule has 1 heterocycles. The lowest BCUT2D eigenvalue weighted by Crippen LogP contribution is -2.30. The Bertz CT molecular complexity index is 583. The number of rotatable bonds is 4. The van der Waals surface area contributed by atoms with Crippen molar-refractivity contribution in [2.75, 3.05) is 0 Å². The van der Waals surface area contributed by atoms with Crippen molar-refractivity contribution in [1.29, 1.82) is 0 Å². The minimum atomic E-state index is -1.61. The van der Waals surface area contributed by atoms with Crippen molar-refractivity contribution in [1.82, 2.24) is 4.98 Å². The predicted molar refractivity (Wildman–Crippen MR) is 69.8 cm³/mol. The molecule has 2 N–H and O–H groups in total. The summed E-state index contributed by atoms with van der Waals surface area (Å²) in [6.07, 6.45) is 2.75. The van der Waals surface area contributed by atoms with Crippen LogP contribution in [0.3, 0.4) is 0 Å². The minimum Gasteiger partial charge on any atom is -0.487 e. The van der Waals surface area contributed by atoms with Gasteiger partial charge in [-0.25, -0.2) is 4.39 Å². The van der Waals surface area contributed by atoms with Gasteiger partial charge in [0.25, 0.3) is 0 Å². The molecule has 7 heteroatoms. The van der Waals surface area contributed by atoms with Crippen molar-refractivity contribution in [2.24, 2.45) is 0 Å². The van der Waals surface area contributed by atoms with Crippen LogP contribution in [0.5, 0.6) is 5.75 Å². The smallest absolute Gasteiger partial charge is 0.487 e. The SMILES string of the molecule is OB(O)c1cncc(OCc2ccc(Cl)c(F)c2)c1. The van der Waals surface area contributed by atoms with Crippen molar-refractivity contribution >= 4 is 24.2 Å². The minimum absolute atomic E-state index is 0.0517. The van der Waals surface area contributed by atoms with Crippen molar-refractivity contribution in [2.45, 2.75) is 6.61 Å². The summed E-state index contributed by atoms with van der Waals surface area (Å²) in [5.41, 5.74) is 0.830. The van der Waals surface area contributed by atoms with E-state index in [1.54, 1.807) is 6.07 Å². The van der Waals surface area contributed by atoms with E-state index in [0.717, 1.165) is 0 Å². The van der Waals surface area contributed by atoms with E-state index in [-0.39, 0.29) is 17.1 Å². The normalized spacial score (nSPS) is 10.3. The van der Waals surface area contributed by atoms with Gasteiger partial charge in [-0.15, -0.1) is 0 Å². The third-order valence-corrected chi connectivity index (χ3v) is 2.73. The third-order valence-electron chi connectivity index (χ3n) is 2.42. The van der Waals surface area contributed by atoms with Gasteiger partial charge in [0.05, 0.1) is 11.2 Å². The molecule has 1 aromatic carbocycles. The Kier molecular flexibility index (Phi) is 4.37. The van der Waals surface area contributed by atoms with E-state index in [1.165, 1.54) is 30.6 Å². The van der Waals surface area contributed by atoms with Crippen LogP contribution in [0.1, 0.15) is 5.56 Å². The maximum atomic E-state index is 13.2. The molecule has 0 spiro atoms.